The zero-order valence-corrected chi connectivity index (χ0v) is 23.9. The minimum absolute atomic E-state index is 0.477. The van der Waals surface area contributed by atoms with Crippen molar-refractivity contribution in [2.75, 3.05) is 0 Å². The van der Waals surface area contributed by atoms with Crippen LogP contribution < -0.4 is 20.9 Å². The van der Waals surface area contributed by atoms with E-state index in [0.717, 1.165) is 25.7 Å². The zero-order valence-electron chi connectivity index (χ0n) is 23.9. The van der Waals surface area contributed by atoms with Crippen LogP contribution in [0.15, 0.2) is 108 Å². The maximum atomic E-state index is 2.53. The van der Waals surface area contributed by atoms with E-state index in [4.69, 9.17) is 0 Å². The van der Waals surface area contributed by atoms with Crippen molar-refractivity contribution in [1.29, 1.82) is 0 Å². The van der Waals surface area contributed by atoms with Crippen LogP contribution >= 0.6 is 0 Å². The Hall–Kier alpha value is -4.42. The first kappa shape index (κ1) is 24.2. The van der Waals surface area contributed by atoms with Gasteiger partial charge in [-0.3, -0.25) is 0 Å². The van der Waals surface area contributed by atoms with E-state index in [-0.39, 0.29) is 0 Å². The van der Waals surface area contributed by atoms with Gasteiger partial charge in [0.2, 0.25) is 0 Å². The Morgan fingerprint density at radius 1 is 0.595 bits per heavy atom. The molecule has 0 fully saturated rings. The predicted octanol–water partition coefficient (Wildman–Crippen LogP) is 7.77. The average molecular weight is 539 g/mol. The van der Waals surface area contributed by atoms with Gasteiger partial charge in [0.15, 0.2) is 0 Å². The third-order valence-corrected chi connectivity index (χ3v) is 10.2. The molecule has 2 atom stereocenters. The van der Waals surface area contributed by atoms with Gasteiger partial charge in [-0.2, -0.15) is 0 Å². The van der Waals surface area contributed by atoms with Crippen molar-refractivity contribution >= 4 is 51.4 Å². The van der Waals surface area contributed by atoms with Gasteiger partial charge in [-0.25, -0.2) is 0 Å². The monoisotopic (exact) mass is 538 g/mol. The molecule has 42 heavy (non-hydrogen) atoms. The molecule has 0 amide bonds. The highest BCUT2D eigenvalue weighted by Crippen LogP contribution is 2.40. The molecule has 4 aromatic carbocycles. The van der Waals surface area contributed by atoms with Gasteiger partial charge in [-0.1, -0.05) is 121 Å². The molecule has 0 N–H and O–H groups in total. The van der Waals surface area contributed by atoms with E-state index in [9.17, 15) is 0 Å². The summed E-state index contributed by atoms with van der Waals surface area (Å²) in [4.78, 5) is 0. The van der Waals surface area contributed by atoms with Crippen LogP contribution in [0.1, 0.15) is 44.1 Å². The molecule has 2 unspecified atom stereocenters. The van der Waals surface area contributed by atoms with Gasteiger partial charge in [0.25, 0.3) is 0 Å². The van der Waals surface area contributed by atoms with E-state index in [2.05, 4.69) is 121 Å². The lowest BCUT2D eigenvalue weighted by Crippen LogP contribution is -2.33. The van der Waals surface area contributed by atoms with Gasteiger partial charge >= 0.3 is 0 Å². The summed E-state index contributed by atoms with van der Waals surface area (Å²) in [6.07, 6.45) is 33.1. The summed E-state index contributed by atoms with van der Waals surface area (Å²) in [6, 6.07) is 20.9. The molecule has 0 saturated carbocycles. The Morgan fingerprint density at radius 3 is 2.24 bits per heavy atom. The zero-order chi connectivity index (χ0) is 27.6. The Balaban J connectivity index is 1.34. The van der Waals surface area contributed by atoms with E-state index < -0.39 is 0 Å². The Bertz CT molecular complexity index is 2240. The topological polar surface area (TPSA) is 0 Å². The third-order valence-electron chi connectivity index (χ3n) is 10.2. The summed E-state index contributed by atoms with van der Waals surface area (Å²) in [6.45, 7) is 0. The van der Waals surface area contributed by atoms with Crippen LogP contribution in [0.25, 0.3) is 62.5 Å². The van der Waals surface area contributed by atoms with Crippen molar-refractivity contribution in [3.8, 4) is 11.1 Å². The molecule has 0 aromatic heterocycles. The molecule has 202 valence electrons. The molecule has 0 nitrogen and oxygen atoms in total. The normalized spacial score (nSPS) is 21.8. The summed E-state index contributed by atoms with van der Waals surface area (Å²) in [5.41, 5.74) is 8.70. The molecule has 9 rings (SSSR count). The third kappa shape index (κ3) is 3.68. The second-order valence-electron chi connectivity index (χ2n) is 12.6. The van der Waals surface area contributed by atoms with E-state index >= 15 is 0 Å². The van der Waals surface area contributed by atoms with Crippen molar-refractivity contribution < 1.29 is 0 Å². The van der Waals surface area contributed by atoms with E-state index in [1.165, 1.54) is 88.7 Å². The number of allylic oxidation sites excluding steroid dienone is 10. The van der Waals surface area contributed by atoms with Crippen LogP contribution in [-0.2, 0) is 0 Å². The molecule has 5 aliphatic rings. The number of hydrogen-bond acceptors (Lipinski definition) is 0. The smallest absolute Gasteiger partial charge is 0.00622 e. The average Bonchev–Trinajstić information content (AvgIpc) is 3.05. The molecule has 0 heterocycles. The molecule has 0 radical (unpaired) electrons. The second kappa shape index (κ2) is 9.57. The van der Waals surface area contributed by atoms with Gasteiger partial charge in [0.1, 0.15) is 0 Å². The first-order chi connectivity index (χ1) is 20.8. The highest BCUT2D eigenvalue weighted by atomic mass is 14.3. The van der Waals surface area contributed by atoms with E-state index in [0.29, 0.717) is 11.8 Å². The molecular formula is C42H34. The molecule has 5 aliphatic carbocycles. The summed E-state index contributed by atoms with van der Waals surface area (Å²) in [5.74, 6) is 1.16. The van der Waals surface area contributed by atoms with Crippen molar-refractivity contribution in [1.82, 2.24) is 0 Å². The highest BCUT2D eigenvalue weighted by molar-refractivity contribution is 6.09. The van der Waals surface area contributed by atoms with Crippen LogP contribution in [0.4, 0.5) is 0 Å². The fraction of sp³-hybridized carbons (Fsp3) is 0.190. The maximum Gasteiger partial charge on any atom is 0.00622 e. The molecular weight excluding hydrogens is 504 g/mol. The summed E-state index contributed by atoms with van der Waals surface area (Å²) < 4.78 is 0. The summed E-state index contributed by atoms with van der Waals surface area (Å²) in [7, 11) is 0. The molecule has 0 aliphatic heterocycles. The van der Waals surface area contributed by atoms with Gasteiger partial charge in [-0.05, 0) is 120 Å². The quantitative estimate of drug-likeness (QED) is 0.245. The molecule has 0 heteroatoms. The van der Waals surface area contributed by atoms with Crippen molar-refractivity contribution in [3.05, 3.63) is 135 Å². The molecule has 0 bridgehead atoms. The van der Waals surface area contributed by atoms with Gasteiger partial charge in [0.05, 0.1) is 0 Å². The fourth-order valence-corrected chi connectivity index (χ4v) is 8.23. The lowest BCUT2D eigenvalue weighted by Gasteiger charge is -2.27. The van der Waals surface area contributed by atoms with Crippen LogP contribution in [0.3, 0.4) is 0 Å². The van der Waals surface area contributed by atoms with Crippen LogP contribution in [0.2, 0.25) is 0 Å². The minimum atomic E-state index is 0.477. The lowest BCUT2D eigenvalue weighted by molar-refractivity contribution is 0.572. The molecule has 0 saturated heterocycles. The lowest BCUT2D eigenvalue weighted by atomic mass is 9.77. The summed E-state index contributed by atoms with van der Waals surface area (Å²) in [5, 5.41) is 11.1. The van der Waals surface area contributed by atoms with E-state index in [1.807, 2.05) is 0 Å². The van der Waals surface area contributed by atoms with Crippen LogP contribution in [0.5, 0.6) is 0 Å². The molecule has 0 spiro atoms. The first-order valence-electron chi connectivity index (χ1n) is 15.8. The van der Waals surface area contributed by atoms with Crippen LogP contribution in [-0.4, -0.2) is 0 Å². The Labute approximate surface area is 247 Å². The van der Waals surface area contributed by atoms with Gasteiger partial charge in [-0.15, -0.1) is 0 Å². The number of benzene rings is 4. The molecule has 4 aromatic rings. The van der Waals surface area contributed by atoms with E-state index in [1.54, 1.807) is 0 Å². The predicted molar refractivity (Wildman–Crippen MR) is 180 cm³/mol. The SMILES string of the molecule is C1=CCC2C=c3c(ccc4c(-c5c6c(c(C7=CC8=CC=CCC8CC7)c7ccccc57)=CCCC=6)cccc34)=CC2=C1. The fourth-order valence-electron chi connectivity index (χ4n) is 8.23. The standard InChI is InChI=1S/C42H34/c1-2-11-28-25-32(21-20-27(28)10-1)41-36-14-5-7-16-38(36)42(39-17-8-6-15-37(39)41)35-19-9-18-33-34(35)23-22-31-24-29-12-3-4-13-30(29)26-40(31)33/h1-5,7,9,11-12,14-19,22-27,30H,6,8,10,13,20-21H2. The van der Waals surface area contributed by atoms with Gasteiger partial charge in [0, 0.05) is 5.92 Å². The summed E-state index contributed by atoms with van der Waals surface area (Å²) >= 11 is 0. The Kier molecular flexibility index (Phi) is 5.51. The van der Waals surface area contributed by atoms with Gasteiger partial charge < -0.3 is 0 Å². The van der Waals surface area contributed by atoms with Crippen molar-refractivity contribution in [2.24, 2.45) is 11.8 Å². The highest BCUT2D eigenvalue weighted by Gasteiger charge is 2.24. The first-order valence-corrected chi connectivity index (χ1v) is 15.8. The minimum Gasteiger partial charge on any atom is -0.0839 e. The Morgan fingerprint density at radius 2 is 1.36 bits per heavy atom. The maximum absolute atomic E-state index is 2.53. The van der Waals surface area contributed by atoms with Crippen molar-refractivity contribution in [3.63, 3.8) is 0 Å². The van der Waals surface area contributed by atoms with Crippen molar-refractivity contribution in [2.45, 2.75) is 38.5 Å². The second-order valence-corrected chi connectivity index (χ2v) is 12.6. The largest absolute Gasteiger partial charge is 0.0839 e. The number of rotatable bonds is 2. The van der Waals surface area contributed by atoms with Crippen LogP contribution in [0, 0.1) is 11.8 Å². The number of hydrogen-bond donors (Lipinski definition) is 0. The number of fused-ring (bicyclic) bond motifs is 7.